The SMILES string of the molecule is CCNC(=O)NC(=O)C(C)OC(=O)c1cccc(NS(C)(=O)=O)c1. The molecule has 0 spiro atoms. The van der Waals surface area contributed by atoms with Crippen molar-refractivity contribution >= 4 is 33.6 Å². The van der Waals surface area contributed by atoms with Gasteiger partial charge in [0, 0.05) is 12.2 Å². The third kappa shape index (κ3) is 6.65. The molecule has 24 heavy (non-hydrogen) atoms. The minimum absolute atomic E-state index is 0.0568. The monoisotopic (exact) mass is 357 g/mol. The average molecular weight is 357 g/mol. The molecule has 1 rings (SSSR count). The molecular formula is C14H19N3O6S. The number of benzene rings is 1. The number of sulfonamides is 1. The number of esters is 1. The third-order valence-corrected chi connectivity index (χ3v) is 3.24. The molecule has 9 nitrogen and oxygen atoms in total. The van der Waals surface area contributed by atoms with Gasteiger partial charge in [-0.2, -0.15) is 0 Å². The molecule has 1 atom stereocenters. The van der Waals surface area contributed by atoms with Gasteiger partial charge in [-0.15, -0.1) is 0 Å². The molecule has 1 aromatic rings. The Morgan fingerprint density at radius 2 is 1.92 bits per heavy atom. The molecule has 0 fully saturated rings. The zero-order valence-corrected chi connectivity index (χ0v) is 14.3. The lowest BCUT2D eigenvalue weighted by atomic mass is 10.2. The molecule has 1 aromatic carbocycles. The zero-order valence-electron chi connectivity index (χ0n) is 13.5. The van der Waals surface area contributed by atoms with Gasteiger partial charge in [0.1, 0.15) is 0 Å². The van der Waals surface area contributed by atoms with Crippen molar-refractivity contribution in [3.63, 3.8) is 0 Å². The Morgan fingerprint density at radius 1 is 1.25 bits per heavy atom. The van der Waals surface area contributed by atoms with Crippen LogP contribution in [0, 0.1) is 0 Å². The maximum Gasteiger partial charge on any atom is 0.338 e. The highest BCUT2D eigenvalue weighted by Gasteiger charge is 2.20. The van der Waals surface area contributed by atoms with Crippen molar-refractivity contribution in [1.29, 1.82) is 0 Å². The molecule has 0 aliphatic carbocycles. The van der Waals surface area contributed by atoms with Gasteiger partial charge in [0.15, 0.2) is 6.10 Å². The van der Waals surface area contributed by atoms with Gasteiger partial charge in [0.05, 0.1) is 11.8 Å². The Balaban J connectivity index is 2.72. The summed E-state index contributed by atoms with van der Waals surface area (Å²) in [6.07, 6.45) is -0.224. The highest BCUT2D eigenvalue weighted by molar-refractivity contribution is 7.92. The van der Waals surface area contributed by atoms with E-state index in [-0.39, 0.29) is 11.3 Å². The second-order valence-electron chi connectivity index (χ2n) is 4.85. The van der Waals surface area contributed by atoms with Gasteiger partial charge in [0.2, 0.25) is 10.0 Å². The van der Waals surface area contributed by atoms with E-state index in [1.165, 1.54) is 31.2 Å². The number of carbonyl (C=O) groups excluding carboxylic acids is 3. The molecule has 10 heteroatoms. The first-order chi connectivity index (χ1) is 11.1. The van der Waals surface area contributed by atoms with E-state index in [0.29, 0.717) is 6.54 Å². The summed E-state index contributed by atoms with van der Waals surface area (Å²) >= 11 is 0. The fraction of sp³-hybridized carbons (Fsp3) is 0.357. The molecule has 0 saturated heterocycles. The molecule has 0 saturated carbocycles. The first-order valence-electron chi connectivity index (χ1n) is 7.00. The van der Waals surface area contributed by atoms with Crippen LogP contribution in [0.3, 0.4) is 0 Å². The molecule has 0 radical (unpaired) electrons. The molecule has 0 aliphatic rings. The second kappa shape index (κ2) is 8.29. The summed E-state index contributed by atoms with van der Waals surface area (Å²) in [5, 5.41) is 4.39. The Hall–Kier alpha value is -2.62. The number of hydrogen-bond acceptors (Lipinski definition) is 6. The lowest BCUT2D eigenvalue weighted by molar-refractivity contribution is -0.127. The van der Waals surface area contributed by atoms with E-state index in [0.717, 1.165) is 6.26 Å². The van der Waals surface area contributed by atoms with Gasteiger partial charge in [-0.1, -0.05) is 6.07 Å². The fourth-order valence-electron chi connectivity index (χ4n) is 1.62. The van der Waals surface area contributed by atoms with Gasteiger partial charge >= 0.3 is 12.0 Å². The van der Waals surface area contributed by atoms with E-state index >= 15 is 0 Å². The van der Waals surface area contributed by atoms with Crippen molar-refractivity contribution in [2.24, 2.45) is 0 Å². The van der Waals surface area contributed by atoms with Crippen molar-refractivity contribution in [2.75, 3.05) is 17.5 Å². The number of urea groups is 1. The number of rotatable bonds is 6. The van der Waals surface area contributed by atoms with Crippen LogP contribution in [0.25, 0.3) is 0 Å². The summed E-state index contributed by atoms with van der Waals surface area (Å²) < 4.78 is 29.6. The van der Waals surface area contributed by atoms with Gasteiger partial charge in [-0.25, -0.2) is 18.0 Å². The Bertz CT molecular complexity index is 732. The highest BCUT2D eigenvalue weighted by Crippen LogP contribution is 2.13. The minimum atomic E-state index is -3.49. The number of carbonyl (C=O) groups is 3. The average Bonchev–Trinajstić information content (AvgIpc) is 2.45. The quantitative estimate of drug-likeness (QED) is 0.634. The fourth-order valence-corrected chi connectivity index (χ4v) is 2.18. The highest BCUT2D eigenvalue weighted by atomic mass is 32.2. The largest absolute Gasteiger partial charge is 0.449 e. The van der Waals surface area contributed by atoms with E-state index in [2.05, 4.69) is 10.0 Å². The number of nitrogens with one attached hydrogen (secondary N) is 3. The number of imide groups is 1. The van der Waals surface area contributed by atoms with Crippen LogP contribution in [-0.4, -0.2) is 45.2 Å². The first kappa shape index (κ1) is 19.4. The Kier molecular flexibility index (Phi) is 6.71. The molecule has 0 aromatic heterocycles. The number of ether oxygens (including phenoxy) is 1. The van der Waals surface area contributed by atoms with Gasteiger partial charge < -0.3 is 10.1 Å². The predicted molar refractivity (Wildman–Crippen MR) is 87.0 cm³/mol. The summed E-state index contributed by atoms with van der Waals surface area (Å²) in [7, 11) is -3.49. The van der Waals surface area contributed by atoms with Gasteiger partial charge in [0.25, 0.3) is 5.91 Å². The van der Waals surface area contributed by atoms with Crippen LogP contribution < -0.4 is 15.4 Å². The summed E-state index contributed by atoms with van der Waals surface area (Å²) in [6, 6.07) is 4.92. The molecule has 3 amide bonds. The van der Waals surface area contributed by atoms with E-state index < -0.39 is 34.0 Å². The van der Waals surface area contributed by atoms with Crippen molar-refractivity contribution in [2.45, 2.75) is 20.0 Å². The lowest BCUT2D eigenvalue weighted by Crippen LogP contribution is -2.44. The zero-order chi connectivity index (χ0) is 18.3. The molecule has 1 unspecified atom stereocenters. The Labute approximate surface area is 139 Å². The smallest absolute Gasteiger partial charge is 0.338 e. The lowest BCUT2D eigenvalue weighted by Gasteiger charge is -2.13. The van der Waals surface area contributed by atoms with Crippen LogP contribution >= 0.6 is 0 Å². The van der Waals surface area contributed by atoms with Crippen molar-refractivity contribution in [1.82, 2.24) is 10.6 Å². The van der Waals surface area contributed by atoms with E-state index in [1.54, 1.807) is 6.92 Å². The van der Waals surface area contributed by atoms with Crippen molar-refractivity contribution in [3.8, 4) is 0 Å². The topological polar surface area (TPSA) is 131 Å². The van der Waals surface area contributed by atoms with E-state index in [9.17, 15) is 22.8 Å². The molecular weight excluding hydrogens is 338 g/mol. The third-order valence-electron chi connectivity index (χ3n) is 2.63. The van der Waals surface area contributed by atoms with Crippen LogP contribution in [-0.2, 0) is 19.6 Å². The normalized spacial score (nSPS) is 12.0. The number of anilines is 1. The number of hydrogen-bond donors (Lipinski definition) is 3. The van der Waals surface area contributed by atoms with Crippen LogP contribution in [0.2, 0.25) is 0 Å². The van der Waals surface area contributed by atoms with E-state index in [4.69, 9.17) is 4.74 Å². The van der Waals surface area contributed by atoms with Crippen LogP contribution in [0.5, 0.6) is 0 Å². The molecule has 3 N–H and O–H groups in total. The van der Waals surface area contributed by atoms with E-state index in [1.807, 2.05) is 5.32 Å². The minimum Gasteiger partial charge on any atom is -0.449 e. The Morgan fingerprint density at radius 3 is 2.50 bits per heavy atom. The maximum absolute atomic E-state index is 12.0. The predicted octanol–water partition coefficient (Wildman–Crippen LogP) is 0.449. The molecule has 0 bridgehead atoms. The summed E-state index contributed by atoms with van der Waals surface area (Å²) in [4.78, 5) is 35.0. The van der Waals surface area contributed by atoms with Crippen molar-refractivity contribution in [3.05, 3.63) is 29.8 Å². The van der Waals surface area contributed by atoms with Crippen LogP contribution in [0.4, 0.5) is 10.5 Å². The van der Waals surface area contributed by atoms with Crippen LogP contribution in [0.1, 0.15) is 24.2 Å². The maximum atomic E-state index is 12.0. The second-order valence-corrected chi connectivity index (χ2v) is 6.60. The summed E-state index contributed by atoms with van der Waals surface area (Å²) in [5.41, 5.74) is 0.243. The van der Waals surface area contributed by atoms with Crippen molar-refractivity contribution < 1.29 is 27.5 Å². The molecule has 0 heterocycles. The van der Waals surface area contributed by atoms with Crippen LogP contribution in [0.15, 0.2) is 24.3 Å². The standard InChI is InChI=1S/C14H19N3O6S/c1-4-15-14(20)16-12(18)9(2)23-13(19)10-6-5-7-11(8-10)17-24(3,21)22/h5-9,17H,4H2,1-3H3,(H2,15,16,18,20). The van der Waals surface area contributed by atoms with Gasteiger partial charge in [-0.3, -0.25) is 14.8 Å². The first-order valence-corrected chi connectivity index (χ1v) is 8.89. The number of amides is 3. The van der Waals surface area contributed by atoms with Gasteiger partial charge in [-0.05, 0) is 32.0 Å². The summed E-state index contributed by atoms with van der Waals surface area (Å²) in [5.74, 6) is -1.61. The molecule has 0 aliphatic heterocycles. The summed E-state index contributed by atoms with van der Waals surface area (Å²) in [6.45, 7) is 3.34. The molecule has 132 valence electrons.